The minimum Gasteiger partial charge on any atom is -0.504 e. The van der Waals surface area contributed by atoms with Gasteiger partial charge in [0.25, 0.3) is 0 Å². The summed E-state index contributed by atoms with van der Waals surface area (Å²) in [6.07, 6.45) is 1.52. The number of phenolic OH excluding ortho intramolecular Hbond substituents is 2. The molecule has 0 atom stereocenters. The lowest BCUT2D eigenvalue weighted by Gasteiger charge is -2.06. The molecule has 104 valence electrons. The number of halogens is 2. The van der Waals surface area contributed by atoms with Crippen LogP contribution in [0.4, 0.5) is 0 Å². The van der Waals surface area contributed by atoms with Crippen molar-refractivity contribution >= 4 is 29.4 Å². The monoisotopic (exact) mass is 310 g/mol. The molecular weight excluding hydrogens is 299 g/mol. The van der Waals surface area contributed by atoms with Crippen LogP contribution in [0.1, 0.15) is 11.1 Å². The highest BCUT2D eigenvalue weighted by molar-refractivity contribution is 6.35. The lowest BCUT2D eigenvalue weighted by molar-refractivity contribution is 0.403. The zero-order valence-electron chi connectivity index (χ0n) is 10.3. The van der Waals surface area contributed by atoms with Crippen molar-refractivity contribution in [3.8, 4) is 11.5 Å². The van der Waals surface area contributed by atoms with Crippen LogP contribution in [0.5, 0.6) is 11.5 Å². The second-order valence-corrected chi connectivity index (χ2v) is 4.86. The van der Waals surface area contributed by atoms with Crippen molar-refractivity contribution in [2.75, 3.05) is 0 Å². The van der Waals surface area contributed by atoms with Crippen LogP contribution in [0.2, 0.25) is 10.0 Å². The summed E-state index contributed by atoms with van der Waals surface area (Å²) >= 11 is 12.1. The first kappa shape index (κ1) is 14.5. The fourth-order valence-electron chi connectivity index (χ4n) is 1.57. The predicted octanol–water partition coefficient (Wildman–Crippen LogP) is 3.53. The standard InChI is InChI=1S/C14H12Cl2N2O2/c15-11-2-1-3-12(16)10(11)8-18-17-7-9-4-5-13(19)14(20)6-9/h1-7,18-20H,8H2/b17-7-. The van der Waals surface area contributed by atoms with E-state index in [4.69, 9.17) is 23.2 Å². The second kappa shape index (κ2) is 6.50. The van der Waals surface area contributed by atoms with E-state index in [1.807, 2.05) is 0 Å². The molecule has 0 saturated carbocycles. The highest BCUT2D eigenvalue weighted by atomic mass is 35.5. The van der Waals surface area contributed by atoms with Crippen LogP contribution >= 0.6 is 23.2 Å². The first-order valence-corrected chi connectivity index (χ1v) is 6.54. The van der Waals surface area contributed by atoms with Crippen molar-refractivity contribution < 1.29 is 10.2 Å². The topological polar surface area (TPSA) is 64.9 Å². The SMILES string of the molecule is Oc1ccc(/C=N\NCc2c(Cl)cccc2Cl)cc1O. The lowest BCUT2D eigenvalue weighted by atomic mass is 10.2. The number of phenols is 2. The molecule has 0 amide bonds. The van der Waals surface area contributed by atoms with Gasteiger partial charge in [0, 0.05) is 15.6 Å². The normalized spacial score (nSPS) is 10.9. The van der Waals surface area contributed by atoms with Gasteiger partial charge in [0.15, 0.2) is 11.5 Å². The van der Waals surface area contributed by atoms with Gasteiger partial charge in [0.05, 0.1) is 12.8 Å². The average Bonchev–Trinajstić information content (AvgIpc) is 2.41. The fraction of sp³-hybridized carbons (Fsp3) is 0.0714. The summed E-state index contributed by atoms with van der Waals surface area (Å²) in [4.78, 5) is 0. The summed E-state index contributed by atoms with van der Waals surface area (Å²) in [5.41, 5.74) is 4.24. The zero-order chi connectivity index (χ0) is 14.5. The Morgan fingerprint density at radius 2 is 1.75 bits per heavy atom. The number of aromatic hydroxyl groups is 2. The molecule has 3 N–H and O–H groups in total. The van der Waals surface area contributed by atoms with E-state index in [1.165, 1.54) is 18.3 Å². The van der Waals surface area contributed by atoms with Gasteiger partial charge < -0.3 is 15.6 Å². The third-order valence-electron chi connectivity index (χ3n) is 2.62. The quantitative estimate of drug-likeness (QED) is 0.460. The molecule has 0 aliphatic heterocycles. The molecule has 2 rings (SSSR count). The number of nitrogens with one attached hydrogen (secondary N) is 1. The molecule has 0 radical (unpaired) electrons. The van der Waals surface area contributed by atoms with Gasteiger partial charge in [-0.05, 0) is 35.9 Å². The zero-order valence-corrected chi connectivity index (χ0v) is 11.9. The number of nitrogens with zero attached hydrogens (tertiary/aromatic N) is 1. The molecule has 4 nitrogen and oxygen atoms in total. The molecule has 0 bridgehead atoms. The maximum atomic E-state index is 9.34. The van der Waals surface area contributed by atoms with Gasteiger partial charge in [-0.1, -0.05) is 29.3 Å². The first-order chi connectivity index (χ1) is 9.58. The smallest absolute Gasteiger partial charge is 0.158 e. The van der Waals surface area contributed by atoms with E-state index in [0.717, 1.165) is 5.56 Å². The summed E-state index contributed by atoms with van der Waals surface area (Å²) in [7, 11) is 0. The Morgan fingerprint density at radius 3 is 2.40 bits per heavy atom. The van der Waals surface area contributed by atoms with Gasteiger partial charge in [-0.3, -0.25) is 0 Å². The molecule has 0 unspecified atom stereocenters. The van der Waals surface area contributed by atoms with Gasteiger partial charge >= 0.3 is 0 Å². The Kier molecular flexibility index (Phi) is 4.71. The van der Waals surface area contributed by atoms with Gasteiger partial charge in [-0.2, -0.15) is 5.10 Å². The molecular formula is C14H12Cl2N2O2. The lowest BCUT2D eigenvalue weighted by Crippen LogP contribution is -2.06. The molecule has 20 heavy (non-hydrogen) atoms. The van der Waals surface area contributed by atoms with Crippen molar-refractivity contribution in [2.24, 2.45) is 5.10 Å². The third kappa shape index (κ3) is 3.56. The molecule has 0 aliphatic carbocycles. The van der Waals surface area contributed by atoms with Crippen LogP contribution in [-0.2, 0) is 6.54 Å². The number of benzene rings is 2. The molecule has 0 aromatic heterocycles. The van der Waals surface area contributed by atoms with Crippen molar-refractivity contribution in [1.82, 2.24) is 5.43 Å². The minimum atomic E-state index is -0.192. The van der Waals surface area contributed by atoms with Crippen LogP contribution < -0.4 is 5.43 Å². The van der Waals surface area contributed by atoms with Gasteiger partial charge in [0.2, 0.25) is 0 Å². The van der Waals surface area contributed by atoms with Crippen LogP contribution in [0.3, 0.4) is 0 Å². The van der Waals surface area contributed by atoms with Crippen LogP contribution in [0.15, 0.2) is 41.5 Å². The van der Waals surface area contributed by atoms with Gasteiger partial charge in [0.1, 0.15) is 0 Å². The van der Waals surface area contributed by atoms with E-state index in [0.29, 0.717) is 22.2 Å². The largest absolute Gasteiger partial charge is 0.504 e. The molecule has 2 aromatic carbocycles. The summed E-state index contributed by atoms with van der Waals surface area (Å²) in [5.74, 6) is -0.360. The van der Waals surface area contributed by atoms with E-state index in [-0.39, 0.29) is 11.5 Å². The summed E-state index contributed by atoms with van der Waals surface area (Å²) in [6, 6.07) is 9.71. The highest BCUT2D eigenvalue weighted by Gasteiger charge is 2.03. The Morgan fingerprint density at radius 1 is 1.05 bits per heavy atom. The summed E-state index contributed by atoms with van der Waals surface area (Å²) < 4.78 is 0. The predicted molar refractivity (Wildman–Crippen MR) is 80.7 cm³/mol. The van der Waals surface area contributed by atoms with E-state index in [2.05, 4.69) is 10.5 Å². The van der Waals surface area contributed by atoms with Gasteiger partial charge in [-0.25, -0.2) is 0 Å². The molecule has 2 aromatic rings. The molecule has 0 spiro atoms. The Hall–Kier alpha value is -1.91. The third-order valence-corrected chi connectivity index (χ3v) is 3.33. The van der Waals surface area contributed by atoms with Crippen LogP contribution in [0, 0.1) is 0 Å². The van der Waals surface area contributed by atoms with Gasteiger partial charge in [-0.15, -0.1) is 0 Å². The van der Waals surface area contributed by atoms with Crippen LogP contribution in [0.25, 0.3) is 0 Å². The molecule has 0 fully saturated rings. The van der Waals surface area contributed by atoms with E-state index < -0.39 is 0 Å². The van der Waals surface area contributed by atoms with E-state index in [1.54, 1.807) is 24.3 Å². The molecule has 0 heterocycles. The Bertz CT molecular complexity index is 625. The number of hydrazone groups is 1. The van der Waals surface area contributed by atoms with E-state index in [9.17, 15) is 10.2 Å². The molecule has 0 saturated heterocycles. The Balaban J connectivity index is 1.99. The van der Waals surface area contributed by atoms with Crippen molar-refractivity contribution in [3.05, 3.63) is 57.6 Å². The summed E-state index contributed by atoms with van der Waals surface area (Å²) in [5, 5.41) is 23.7. The second-order valence-electron chi connectivity index (χ2n) is 4.04. The fourth-order valence-corrected chi connectivity index (χ4v) is 2.10. The first-order valence-electron chi connectivity index (χ1n) is 5.78. The molecule has 0 aliphatic rings. The summed E-state index contributed by atoms with van der Waals surface area (Å²) in [6.45, 7) is 0.388. The number of hydrogen-bond donors (Lipinski definition) is 3. The van der Waals surface area contributed by atoms with E-state index >= 15 is 0 Å². The van der Waals surface area contributed by atoms with Crippen molar-refractivity contribution in [2.45, 2.75) is 6.54 Å². The maximum absolute atomic E-state index is 9.34. The number of hydrogen-bond acceptors (Lipinski definition) is 4. The highest BCUT2D eigenvalue weighted by Crippen LogP contribution is 2.24. The number of rotatable bonds is 4. The maximum Gasteiger partial charge on any atom is 0.158 e. The Labute approximate surface area is 126 Å². The van der Waals surface area contributed by atoms with Crippen molar-refractivity contribution in [3.63, 3.8) is 0 Å². The average molecular weight is 311 g/mol. The van der Waals surface area contributed by atoms with Crippen LogP contribution in [-0.4, -0.2) is 16.4 Å². The van der Waals surface area contributed by atoms with Crippen molar-refractivity contribution in [1.29, 1.82) is 0 Å². The molecule has 6 heteroatoms. The minimum absolute atomic E-state index is 0.169.